The van der Waals surface area contributed by atoms with Crippen LogP contribution in [0.3, 0.4) is 0 Å². The van der Waals surface area contributed by atoms with Crippen LogP contribution in [0.4, 0.5) is 0 Å². The molecule has 1 aliphatic rings. The first-order valence-corrected chi connectivity index (χ1v) is 5.45. The summed E-state index contributed by atoms with van der Waals surface area (Å²) in [5, 5.41) is 0. The van der Waals surface area contributed by atoms with E-state index in [0.717, 1.165) is 19.3 Å². The molecule has 0 aliphatic heterocycles. The molecule has 0 radical (unpaired) electrons. The van der Waals surface area contributed by atoms with Gasteiger partial charge < -0.3 is 9.47 Å². The van der Waals surface area contributed by atoms with Crippen molar-refractivity contribution in [3.05, 3.63) is 0 Å². The third-order valence-corrected chi connectivity index (χ3v) is 2.47. The van der Waals surface area contributed by atoms with Crippen molar-refractivity contribution in [3.8, 4) is 0 Å². The molecule has 0 aromatic heterocycles. The van der Waals surface area contributed by atoms with Gasteiger partial charge in [-0.15, -0.1) is 0 Å². The van der Waals surface area contributed by atoms with Gasteiger partial charge in [0.15, 0.2) is 0 Å². The van der Waals surface area contributed by atoms with E-state index in [1.807, 2.05) is 20.8 Å². The zero-order valence-corrected chi connectivity index (χ0v) is 9.29. The predicted molar refractivity (Wildman–Crippen MR) is 54.0 cm³/mol. The van der Waals surface area contributed by atoms with Crippen LogP contribution in [0.1, 0.15) is 40.0 Å². The molecule has 3 heteroatoms. The molecule has 1 saturated carbocycles. The maximum absolute atomic E-state index is 11.4. The number of ether oxygens (including phenoxy) is 2. The Morgan fingerprint density at radius 3 is 2.71 bits per heavy atom. The highest BCUT2D eigenvalue weighted by molar-refractivity contribution is 5.72. The minimum Gasteiger partial charge on any atom is -0.466 e. The second-order valence-electron chi connectivity index (χ2n) is 4.07. The van der Waals surface area contributed by atoms with Gasteiger partial charge >= 0.3 is 5.97 Å². The second kappa shape index (κ2) is 5.35. The molecular formula is C11H20O3. The number of hydrogen-bond acceptors (Lipinski definition) is 3. The lowest BCUT2D eigenvalue weighted by molar-refractivity contribution is -0.148. The molecule has 1 fully saturated rings. The fourth-order valence-corrected chi connectivity index (χ4v) is 1.92. The van der Waals surface area contributed by atoms with Crippen molar-refractivity contribution in [2.45, 2.75) is 52.2 Å². The van der Waals surface area contributed by atoms with E-state index >= 15 is 0 Å². The lowest BCUT2D eigenvalue weighted by Crippen LogP contribution is -2.18. The van der Waals surface area contributed by atoms with Crippen LogP contribution < -0.4 is 0 Å². The van der Waals surface area contributed by atoms with Gasteiger partial charge in [-0.1, -0.05) is 0 Å². The van der Waals surface area contributed by atoms with Crippen molar-refractivity contribution >= 4 is 5.97 Å². The molecule has 3 nitrogen and oxygen atoms in total. The van der Waals surface area contributed by atoms with Gasteiger partial charge in [0.25, 0.3) is 0 Å². The van der Waals surface area contributed by atoms with E-state index in [4.69, 9.17) is 9.47 Å². The fraction of sp³-hybridized carbons (Fsp3) is 0.909. The van der Waals surface area contributed by atoms with E-state index in [1.54, 1.807) is 0 Å². The first kappa shape index (κ1) is 11.5. The Hall–Kier alpha value is -0.570. The first-order valence-electron chi connectivity index (χ1n) is 5.45. The molecule has 0 spiro atoms. The number of hydrogen-bond donors (Lipinski definition) is 0. The molecular weight excluding hydrogens is 180 g/mol. The van der Waals surface area contributed by atoms with Gasteiger partial charge in [0, 0.05) is 0 Å². The minimum absolute atomic E-state index is 0.0534. The zero-order chi connectivity index (χ0) is 10.6. The Balaban J connectivity index is 2.29. The third kappa shape index (κ3) is 3.29. The molecule has 82 valence electrons. The summed E-state index contributed by atoms with van der Waals surface area (Å²) in [7, 11) is 0. The smallest absolute Gasteiger partial charge is 0.309 e. The van der Waals surface area contributed by atoms with Crippen LogP contribution in [-0.4, -0.2) is 24.8 Å². The highest BCUT2D eigenvalue weighted by atomic mass is 16.5. The summed E-state index contributed by atoms with van der Waals surface area (Å²) in [4.78, 5) is 11.4. The molecule has 2 unspecified atom stereocenters. The average molecular weight is 200 g/mol. The van der Waals surface area contributed by atoms with Crippen molar-refractivity contribution < 1.29 is 14.3 Å². The quantitative estimate of drug-likeness (QED) is 0.652. The molecule has 0 saturated heterocycles. The molecule has 14 heavy (non-hydrogen) atoms. The number of carbonyl (C=O) groups is 1. The van der Waals surface area contributed by atoms with Crippen LogP contribution in [0.5, 0.6) is 0 Å². The van der Waals surface area contributed by atoms with Crippen molar-refractivity contribution in [2.24, 2.45) is 5.92 Å². The molecule has 0 aromatic rings. The molecule has 0 amide bonds. The van der Waals surface area contributed by atoms with E-state index in [-0.39, 0.29) is 24.1 Å². The predicted octanol–water partition coefficient (Wildman–Crippen LogP) is 2.14. The summed E-state index contributed by atoms with van der Waals surface area (Å²) in [5.41, 5.74) is 0. The molecule has 0 heterocycles. The van der Waals surface area contributed by atoms with E-state index < -0.39 is 0 Å². The zero-order valence-electron chi connectivity index (χ0n) is 9.29. The number of carbonyl (C=O) groups excluding carboxylic acids is 1. The summed E-state index contributed by atoms with van der Waals surface area (Å²) in [6.45, 7) is 6.37. The summed E-state index contributed by atoms with van der Waals surface area (Å²) in [5.74, 6) is 0.0149. The maximum Gasteiger partial charge on any atom is 0.309 e. The van der Waals surface area contributed by atoms with Crippen LogP contribution in [0.2, 0.25) is 0 Å². The van der Waals surface area contributed by atoms with Crippen molar-refractivity contribution in [3.63, 3.8) is 0 Å². The SMILES string of the molecule is CCOC(=O)C1CCC(OC(C)C)C1. The monoisotopic (exact) mass is 200 g/mol. The highest BCUT2D eigenvalue weighted by Crippen LogP contribution is 2.29. The lowest BCUT2D eigenvalue weighted by atomic mass is 10.1. The van der Waals surface area contributed by atoms with Crippen LogP contribution in [-0.2, 0) is 14.3 Å². The molecule has 0 N–H and O–H groups in total. The Bertz CT molecular complexity index is 189. The summed E-state index contributed by atoms with van der Waals surface area (Å²) < 4.78 is 10.6. The minimum atomic E-state index is -0.0534. The fourth-order valence-electron chi connectivity index (χ4n) is 1.92. The van der Waals surface area contributed by atoms with E-state index in [1.165, 1.54) is 0 Å². The normalized spacial score (nSPS) is 26.9. The van der Waals surface area contributed by atoms with Gasteiger partial charge in [-0.05, 0) is 40.0 Å². The number of rotatable bonds is 4. The molecule has 0 aromatic carbocycles. The Kier molecular flexibility index (Phi) is 4.39. The summed E-state index contributed by atoms with van der Waals surface area (Å²) >= 11 is 0. The van der Waals surface area contributed by atoms with Crippen molar-refractivity contribution in [1.29, 1.82) is 0 Å². The lowest BCUT2D eigenvalue weighted by Gasteiger charge is -2.14. The topological polar surface area (TPSA) is 35.5 Å². The number of esters is 1. The second-order valence-corrected chi connectivity index (χ2v) is 4.07. The van der Waals surface area contributed by atoms with Crippen molar-refractivity contribution in [1.82, 2.24) is 0 Å². The molecule has 1 rings (SSSR count). The summed E-state index contributed by atoms with van der Waals surface area (Å²) in [6, 6.07) is 0. The van der Waals surface area contributed by atoms with Gasteiger partial charge in [-0.3, -0.25) is 4.79 Å². The van der Waals surface area contributed by atoms with Crippen LogP contribution in [0.15, 0.2) is 0 Å². The van der Waals surface area contributed by atoms with E-state index in [0.29, 0.717) is 6.61 Å². The van der Waals surface area contributed by atoms with Crippen LogP contribution in [0.25, 0.3) is 0 Å². The van der Waals surface area contributed by atoms with Gasteiger partial charge in [-0.25, -0.2) is 0 Å². The Morgan fingerprint density at radius 2 is 2.14 bits per heavy atom. The Labute approximate surface area is 85.8 Å². The van der Waals surface area contributed by atoms with Crippen LogP contribution in [0, 0.1) is 5.92 Å². The van der Waals surface area contributed by atoms with E-state index in [9.17, 15) is 4.79 Å². The summed E-state index contributed by atoms with van der Waals surface area (Å²) in [6.07, 6.45) is 3.24. The van der Waals surface area contributed by atoms with Gasteiger partial charge in [0.1, 0.15) is 0 Å². The standard InChI is InChI=1S/C11H20O3/c1-4-13-11(12)9-5-6-10(7-9)14-8(2)3/h8-10H,4-7H2,1-3H3. The van der Waals surface area contributed by atoms with Crippen molar-refractivity contribution in [2.75, 3.05) is 6.61 Å². The molecule has 1 aliphatic carbocycles. The average Bonchev–Trinajstić information content (AvgIpc) is 2.52. The van der Waals surface area contributed by atoms with Gasteiger partial charge in [0.05, 0.1) is 24.7 Å². The highest BCUT2D eigenvalue weighted by Gasteiger charge is 2.31. The molecule has 2 atom stereocenters. The molecule has 0 bridgehead atoms. The third-order valence-electron chi connectivity index (χ3n) is 2.47. The maximum atomic E-state index is 11.4. The van der Waals surface area contributed by atoms with E-state index in [2.05, 4.69) is 0 Å². The largest absolute Gasteiger partial charge is 0.466 e. The van der Waals surface area contributed by atoms with Gasteiger partial charge in [0.2, 0.25) is 0 Å². The Morgan fingerprint density at radius 1 is 1.43 bits per heavy atom. The van der Waals surface area contributed by atoms with Crippen LogP contribution >= 0.6 is 0 Å². The first-order chi connectivity index (χ1) is 6.63. The van der Waals surface area contributed by atoms with Gasteiger partial charge in [-0.2, -0.15) is 0 Å².